The van der Waals surface area contributed by atoms with Crippen molar-refractivity contribution >= 4 is 15.8 Å². The summed E-state index contributed by atoms with van der Waals surface area (Å²) in [5, 5.41) is 3.73. The third-order valence-electron chi connectivity index (χ3n) is 1.68. The smallest absolute Gasteiger partial charge is 0.300 e. The highest BCUT2D eigenvalue weighted by Crippen LogP contribution is 2.30. The fourth-order valence-corrected chi connectivity index (χ4v) is 1.93. The van der Waals surface area contributed by atoms with Crippen molar-refractivity contribution in [1.82, 2.24) is 5.32 Å². The number of hydrogen-bond donors (Lipinski definition) is 1. The second-order valence-electron chi connectivity index (χ2n) is 2.51. The molecule has 0 unspecified atom stereocenters. The van der Waals surface area contributed by atoms with E-state index in [-0.39, 0.29) is 16.3 Å². The lowest BCUT2D eigenvalue weighted by Gasteiger charge is -2.08. The molecule has 0 bridgehead atoms. The molecule has 0 fully saturated rings. The van der Waals surface area contributed by atoms with Crippen LogP contribution in [0.15, 0.2) is 23.1 Å². The van der Waals surface area contributed by atoms with E-state index in [1.165, 1.54) is 26.3 Å². The predicted molar refractivity (Wildman–Crippen MR) is 50.5 cm³/mol. The molecule has 1 radical (unpaired) electrons. The maximum Gasteiger partial charge on any atom is 0.300 e. The zero-order valence-corrected chi connectivity index (χ0v) is 8.58. The molecule has 1 aromatic rings. The molecule has 0 amide bonds. The highest BCUT2D eigenvalue weighted by atomic mass is 32.2. The van der Waals surface area contributed by atoms with Gasteiger partial charge in [0, 0.05) is 7.05 Å². The number of ether oxygens (including phenoxy) is 1. The van der Waals surface area contributed by atoms with Gasteiger partial charge in [0.15, 0.2) is 4.90 Å². The van der Waals surface area contributed by atoms with Gasteiger partial charge in [0.2, 0.25) is 0 Å². The quantitative estimate of drug-likeness (QED) is 0.758. The summed E-state index contributed by atoms with van der Waals surface area (Å²) in [5.74, 6) is 0.0793. The van der Waals surface area contributed by atoms with Gasteiger partial charge in [-0.25, -0.2) is 0 Å². The highest BCUT2D eigenvalue weighted by Gasteiger charge is 2.20. The number of benzene rings is 1. The summed E-state index contributed by atoms with van der Waals surface area (Å²) in [5.41, 5.74) is 0.173. The van der Waals surface area contributed by atoms with Crippen molar-refractivity contribution in [3.05, 3.63) is 18.2 Å². The lowest BCUT2D eigenvalue weighted by molar-refractivity contribution is 0.397. The molecule has 0 aromatic heterocycles. The Morgan fingerprint density at radius 2 is 2.07 bits per heavy atom. The van der Waals surface area contributed by atoms with E-state index in [0.29, 0.717) is 0 Å². The van der Waals surface area contributed by atoms with E-state index in [9.17, 15) is 8.42 Å². The molecule has 0 saturated carbocycles. The second-order valence-corrected chi connectivity index (χ2v) is 3.87. The van der Waals surface area contributed by atoms with Crippen molar-refractivity contribution in [1.29, 1.82) is 0 Å². The van der Waals surface area contributed by atoms with Crippen LogP contribution in [0.3, 0.4) is 0 Å². The predicted octanol–water partition coefficient (Wildman–Crippen LogP) is 0.808. The minimum atomic E-state index is -4.31. The summed E-state index contributed by atoms with van der Waals surface area (Å²) in [6.07, 6.45) is 0. The first kappa shape index (κ1) is 10.8. The number of methoxy groups -OCH3 is 1. The summed E-state index contributed by atoms with van der Waals surface area (Å²) in [4.78, 5) is -0.301. The summed E-state index contributed by atoms with van der Waals surface area (Å²) < 4.78 is 35.8. The van der Waals surface area contributed by atoms with Gasteiger partial charge in [-0.3, -0.25) is 9.87 Å². The molecule has 0 spiro atoms. The van der Waals surface area contributed by atoms with E-state index < -0.39 is 10.1 Å². The molecule has 0 aliphatic rings. The van der Waals surface area contributed by atoms with Crippen LogP contribution in [0.1, 0.15) is 0 Å². The van der Waals surface area contributed by atoms with Gasteiger partial charge in [-0.15, -0.1) is 0 Å². The Morgan fingerprint density at radius 1 is 1.43 bits per heavy atom. The molecule has 6 heteroatoms. The molecule has 14 heavy (non-hydrogen) atoms. The average molecular weight is 216 g/mol. The average Bonchev–Trinajstić information content (AvgIpc) is 2.15. The Labute approximate surface area is 82.5 Å². The van der Waals surface area contributed by atoms with Crippen LogP contribution in [0.4, 0.5) is 5.69 Å². The van der Waals surface area contributed by atoms with E-state index in [0.717, 1.165) is 0 Å². The van der Waals surface area contributed by atoms with Gasteiger partial charge in [0.05, 0.1) is 12.8 Å². The van der Waals surface area contributed by atoms with Gasteiger partial charge < -0.3 is 4.74 Å². The topological polar surface area (TPSA) is 77.7 Å². The maximum atomic E-state index is 11.0. The van der Waals surface area contributed by atoms with Crippen molar-refractivity contribution in [2.24, 2.45) is 0 Å². The van der Waals surface area contributed by atoms with Crippen LogP contribution >= 0.6 is 0 Å². The Kier molecular flexibility index (Phi) is 2.97. The minimum Gasteiger partial charge on any atom is -0.495 e. The van der Waals surface area contributed by atoms with Crippen LogP contribution < -0.4 is 10.1 Å². The van der Waals surface area contributed by atoms with Crippen molar-refractivity contribution < 1.29 is 17.7 Å². The molecule has 0 heterocycles. The van der Waals surface area contributed by atoms with Crippen molar-refractivity contribution in [3.63, 3.8) is 0 Å². The summed E-state index contributed by atoms with van der Waals surface area (Å²) in [7, 11) is -1.55. The van der Waals surface area contributed by atoms with E-state index in [4.69, 9.17) is 9.29 Å². The van der Waals surface area contributed by atoms with Crippen LogP contribution in [0.2, 0.25) is 0 Å². The summed E-state index contributed by atoms with van der Waals surface area (Å²) in [6.45, 7) is 0. The van der Waals surface area contributed by atoms with E-state index in [1.807, 2.05) is 0 Å². The van der Waals surface area contributed by atoms with Gasteiger partial charge in [0.25, 0.3) is 10.1 Å². The summed E-state index contributed by atoms with van der Waals surface area (Å²) >= 11 is 0. The van der Waals surface area contributed by atoms with Crippen LogP contribution in [-0.2, 0) is 10.1 Å². The molecule has 5 nitrogen and oxygen atoms in total. The third kappa shape index (κ3) is 1.97. The standard InChI is InChI=1S/C8H10NO4S/c1-9-6-4-3-5-7(13-2)8(6)14(10,11)12/h3-5H,1-2H3,(H,10,11,12). The third-order valence-corrected chi connectivity index (χ3v) is 2.60. The Morgan fingerprint density at radius 3 is 2.50 bits per heavy atom. The Bertz CT molecular complexity index is 405. The van der Waals surface area contributed by atoms with Gasteiger partial charge in [-0.2, -0.15) is 8.42 Å². The lowest BCUT2D eigenvalue weighted by Crippen LogP contribution is -2.05. The van der Waals surface area contributed by atoms with E-state index in [2.05, 4.69) is 5.32 Å². The van der Waals surface area contributed by atoms with Gasteiger partial charge in [0.1, 0.15) is 5.75 Å². The van der Waals surface area contributed by atoms with E-state index >= 15 is 0 Å². The number of rotatable bonds is 3. The normalized spacial score (nSPS) is 11.1. The fourth-order valence-electron chi connectivity index (χ4n) is 1.10. The minimum absolute atomic E-state index is 0.0793. The van der Waals surface area contributed by atoms with Crippen molar-refractivity contribution in [3.8, 4) is 5.75 Å². The number of nitrogens with zero attached hydrogens (tertiary/aromatic N) is 1. The van der Waals surface area contributed by atoms with Gasteiger partial charge >= 0.3 is 0 Å². The Hall–Kier alpha value is -1.27. The zero-order valence-electron chi connectivity index (χ0n) is 7.76. The zero-order chi connectivity index (χ0) is 10.8. The molecule has 0 aliphatic heterocycles. The summed E-state index contributed by atoms with van der Waals surface area (Å²) in [6, 6.07) is 4.51. The monoisotopic (exact) mass is 216 g/mol. The van der Waals surface area contributed by atoms with Crippen molar-refractivity contribution in [2.45, 2.75) is 4.90 Å². The number of hydrogen-bond acceptors (Lipinski definition) is 3. The van der Waals surface area contributed by atoms with Gasteiger partial charge in [-0.05, 0) is 12.1 Å². The molecule has 1 rings (SSSR count). The molecular formula is C8H10NO4S. The molecule has 1 N–H and O–H groups in total. The molecule has 0 atom stereocenters. The SMILES string of the molecule is C[N]c1cccc(OC)c1S(=O)(=O)O. The first-order chi connectivity index (χ1) is 6.50. The highest BCUT2D eigenvalue weighted by molar-refractivity contribution is 7.86. The van der Waals surface area contributed by atoms with E-state index in [1.54, 1.807) is 6.07 Å². The molecule has 1 aromatic carbocycles. The molecule has 77 valence electrons. The maximum absolute atomic E-state index is 11.0. The van der Waals surface area contributed by atoms with Crippen LogP contribution in [0.5, 0.6) is 5.75 Å². The molecule has 0 saturated heterocycles. The molecular weight excluding hydrogens is 206 g/mol. The van der Waals surface area contributed by atoms with Crippen LogP contribution in [-0.4, -0.2) is 27.1 Å². The van der Waals surface area contributed by atoms with Gasteiger partial charge in [-0.1, -0.05) is 6.07 Å². The first-order valence-electron chi connectivity index (χ1n) is 3.75. The fraction of sp³-hybridized carbons (Fsp3) is 0.250. The second kappa shape index (κ2) is 3.85. The largest absolute Gasteiger partial charge is 0.495 e. The lowest BCUT2D eigenvalue weighted by atomic mass is 10.3. The van der Waals surface area contributed by atoms with Crippen molar-refractivity contribution in [2.75, 3.05) is 14.2 Å². The molecule has 0 aliphatic carbocycles. The first-order valence-corrected chi connectivity index (χ1v) is 5.19. The van der Waals surface area contributed by atoms with Crippen LogP contribution in [0, 0.1) is 0 Å². The van der Waals surface area contributed by atoms with Crippen LogP contribution in [0.25, 0.3) is 0 Å². The Balaban J connectivity index is 3.50.